The fourth-order valence-corrected chi connectivity index (χ4v) is 3.64. The van der Waals surface area contributed by atoms with Crippen LogP contribution < -0.4 is 25.6 Å². The topological polar surface area (TPSA) is 95.2 Å². The molecule has 33 heavy (non-hydrogen) atoms. The molecule has 1 aliphatic heterocycles. The van der Waals surface area contributed by atoms with Gasteiger partial charge in [-0.1, -0.05) is 12.1 Å². The smallest absolute Gasteiger partial charge is 0.323 e. The third-order valence-corrected chi connectivity index (χ3v) is 5.38. The second-order valence-electron chi connectivity index (χ2n) is 7.97. The van der Waals surface area contributed by atoms with Crippen molar-refractivity contribution in [1.82, 2.24) is 10.2 Å². The zero-order chi connectivity index (χ0) is 23.6. The average molecular weight is 456 g/mol. The van der Waals surface area contributed by atoms with Crippen LogP contribution in [0.25, 0.3) is 0 Å². The minimum Gasteiger partial charge on any atom is -0.495 e. The van der Waals surface area contributed by atoms with Crippen molar-refractivity contribution in [2.45, 2.75) is 6.42 Å². The van der Waals surface area contributed by atoms with Gasteiger partial charge in [-0.25, -0.2) is 4.79 Å². The van der Waals surface area contributed by atoms with E-state index in [9.17, 15) is 9.59 Å². The van der Waals surface area contributed by atoms with Crippen LogP contribution in [0.5, 0.6) is 5.75 Å². The number of carbonyl (C=O) groups excluding carboxylic acids is 2. The molecule has 1 saturated heterocycles. The molecular weight excluding hydrogens is 422 g/mol. The van der Waals surface area contributed by atoms with Gasteiger partial charge in [-0.2, -0.15) is 0 Å². The first-order valence-electron chi connectivity index (χ1n) is 11.1. The number of nitrogens with zero attached hydrogens (tertiary/aromatic N) is 2. The maximum Gasteiger partial charge on any atom is 0.323 e. The van der Waals surface area contributed by atoms with Crippen LogP contribution in [0.15, 0.2) is 42.5 Å². The highest BCUT2D eigenvalue weighted by molar-refractivity contribution is 6.04. The molecule has 3 amide bonds. The van der Waals surface area contributed by atoms with Gasteiger partial charge >= 0.3 is 6.03 Å². The van der Waals surface area contributed by atoms with Crippen molar-refractivity contribution in [2.24, 2.45) is 0 Å². The summed E-state index contributed by atoms with van der Waals surface area (Å²) in [6.07, 6.45) is 0.863. The first-order valence-corrected chi connectivity index (χ1v) is 11.1. The lowest BCUT2D eigenvalue weighted by molar-refractivity contribution is 0.0374. The van der Waals surface area contributed by atoms with E-state index in [4.69, 9.17) is 9.47 Å². The highest BCUT2D eigenvalue weighted by atomic mass is 16.5. The van der Waals surface area contributed by atoms with Crippen LogP contribution in [0, 0.1) is 0 Å². The molecule has 0 atom stereocenters. The number of carbonyl (C=O) groups is 2. The third-order valence-electron chi connectivity index (χ3n) is 5.38. The maximum absolute atomic E-state index is 12.9. The maximum atomic E-state index is 12.9. The molecule has 0 saturated carbocycles. The molecule has 3 rings (SSSR count). The number of methoxy groups -OCH3 is 1. The van der Waals surface area contributed by atoms with E-state index in [1.54, 1.807) is 31.4 Å². The molecule has 0 aliphatic carbocycles. The van der Waals surface area contributed by atoms with E-state index in [2.05, 4.69) is 20.9 Å². The number of urea groups is 1. The minimum absolute atomic E-state index is 0.172. The summed E-state index contributed by atoms with van der Waals surface area (Å²) in [6, 6.07) is 12.0. The largest absolute Gasteiger partial charge is 0.495 e. The Hall–Kier alpha value is -3.30. The molecule has 0 unspecified atom stereocenters. The van der Waals surface area contributed by atoms with E-state index in [0.29, 0.717) is 29.2 Å². The Labute approximate surface area is 195 Å². The monoisotopic (exact) mass is 455 g/mol. The van der Waals surface area contributed by atoms with Crippen molar-refractivity contribution >= 4 is 29.0 Å². The quantitative estimate of drug-likeness (QED) is 0.504. The van der Waals surface area contributed by atoms with Crippen LogP contribution in [0.1, 0.15) is 16.8 Å². The van der Waals surface area contributed by atoms with Gasteiger partial charge in [-0.3, -0.25) is 9.69 Å². The van der Waals surface area contributed by atoms with Gasteiger partial charge in [-0.05, 0) is 43.3 Å². The fraction of sp³-hybridized carbons (Fsp3) is 0.417. The number of ether oxygens (including phenoxy) is 2. The molecule has 0 spiro atoms. The molecule has 2 aromatic carbocycles. The van der Waals surface area contributed by atoms with Crippen molar-refractivity contribution < 1.29 is 19.1 Å². The molecule has 1 aliphatic rings. The number of anilines is 3. The van der Waals surface area contributed by atoms with Crippen molar-refractivity contribution in [3.8, 4) is 5.75 Å². The molecule has 1 heterocycles. The predicted molar refractivity (Wildman–Crippen MR) is 131 cm³/mol. The van der Waals surface area contributed by atoms with E-state index in [-0.39, 0.29) is 5.91 Å². The Kier molecular flexibility index (Phi) is 8.91. The molecular formula is C24H33N5O4. The second-order valence-corrected chi connectivity index (χ2v) is 7.97. The number of rotatable bonds is 9. The Balaban J connectivity index is 1.60. The number of hydrogen-bond donors (Lipinski definition) is 3. The summed E-state index contributed by atoms with van der Waals surface area (Å²) in [5.74, 6) is 0.391. The number of nitrogens with one attached hydrogen (secondary N) is 3. The van der Waals surface area contributed by atoms with E-state index in [0.717, 1.165) is 45.0 Å². The third kappa shape index (κ3) is 7.10. The van der Waals surface area contributed by atoms with Crippen LogP contribution in [-0.4, -0.2) is 77.4 Å². The summed E-state index contributed by atoms with van der Waals surface area (Å²) >= 11 is 0. The van der Waals surface area contributed by atoms with Gasteiger partial charge in [-0.15, -0.1) is 0 Å². The van der Waals surface area contributed by atoms with Gasteiger partial charge in [0.15, 0.2) is 0 Å². The summed E-state index contributed by atoms with van der Waals surface area (Å²) in [5, 5.41) is 8.56. The average Bonchev–Trinajstić information content (AvgIpc) is 2.82. The van der Waals surface area contributed by atoms with Crippen molar-refractivity contribution in [3.05, 3.63) is 48.0 Å². The zero-order valence-corrected chi connectivity index (χ0v) is 19.5. The second kappa shape index (κ2) is 12.1. The minimum atomic E-state index is -0.422. The van der Waals surface area contributed by atoms with Crippen LogP contribution >= 0.6 is 0 Å². The van der Waals surface area contributed by atoms with E-state index in [1.165, 1.54) is 0 Å². The van der Waals surface area contributed by atoms with Crippen LogP contribution in [0.2, 0.25) is 0 Å². The summed E-state index contributed by atoms with van der Waals surface area (Å²) in [7, 11) is 5.31. The Morgan fingerprint density at radius 2 is 1.85 bits per heavy atom. The summed E-state index contributed by atoms with van der Waals surface area (Å²) in [4.78, 5) is 29.6. The van der Waals surface area contributed by atoms with E-state index >= 15 is 0 Å². The molecule has 9 nitrogen and oxygen atoms in total. The molecule has 3 N–H and O–H groups in total. The molecule has 1 fully saturated rings. The molecule has 2 aromatic rings. The van der Waals surface area contributed by atoms with Crippen molar-refractivity contribution in [3.63, 3.8) is 0 Å². The fourth-order valence-electron chi connectivity index (χ4n) is 3.64. The number of hydrogen-bond acceptors (Lipinski definition) is 6. The number of benzene rings is 2. The van der Waals surface area contributed by atoms with E-state index < -0.39 is 6.03 Å². The van der Waals surface area contributed by atoms with E-state index in [1.807, 2.05) is 37.2 Å². The first-order chi connectivity index (χ1) is 16.0. The highest BCUT2D eigenvalue weighted by Crippen LogP contribution is 2.25. The Morgan fingerprint density at radius 3 is 2.58 bits per heavy atom. The molecule has 0 bridgehead atoms. The van der Waals surface area contributed by atoms with Gasteiger partial charge in [0, 0.05) is 45.1 Å². The summed E-state index contributed by atoms with van der Waals surface area (Å²) in [6.45, 7) is 4.91. The molecule has 0 aromatic heterocycles. The van der Waals surface area contributed by atoms with Crippen LogP contribution in [0.4, 0.5) is 21.9 Å². The highest BCUT2D eigenvalue weighted by Gasteiger charge is 2.16. The first kappa shape index (κ1) is 24.3. The summed E-state index contributed by atoms with van der Waals surface area (Å²) < 4.78 is 10.6. The van der Waals surface area contributed by atoms with Gasteiger partial charge in [0.2, 0.25) is 0 Å². The Bertz CT molecular complexity index is 944. The summed E-state index contributed by atoms with van der Waals surface area (Å²) in [5.41, 5.74) is 2.35. The number of morpholine rings is 1. The lowest BCUT2D eigenvalue weighted by Gasteiger charge is -2.26. The lowest BCUT2D eigenvalue weighted by Crippen LogP contribution is -2.38. The molecule has 9 heteroatoms. The number of amides is 3. The van der Waals surface area contributed by atoms with Crippen LogP contribution in [0.3, 0.4) is 0 Å². The SMILES string of the molecule is COc1ccccc1NC(=O)Nc1ccc(N(C)C)c(C(=O)NCCCN2CCOCC2)c1. The number of para-hydroxylation sites is 2. The van der Waals surface area contributed by atoms with Gasteiger partial charge in [0.1, 0.15) is 5.75 Å². The molecule has 0 radical (unpaired) electrons. The van der Waals surface area contributed by atoms with Gasteiger partial charge in [0.05, 0.1) is 31.6 Å². The predicted octanol–water partition coefficient (Wildman–Crippen LogP) is 2.86. The zero-order valence-electron chi connectivity index (χ0n) is 19.5. The lowest BCUT2D eigenvalue weighted by atomic mass is 10.1. The van der Waals surface area contributed by atoms with Crippen LogP contribution in [-0.2, 0) is 4.74 Å². The van der Waals surface area contributed by atoms with Gasteiger partial charge < -0.3 is 30.3 Å². The standard InChI is InChI=1S/C24H33N5O4/c1-28(2)21-10-9-18(26-24(31)27-20-7-4-5-8-22(20)32-3)17-19(21)23(30)25-11-6-12-29-13-15-33-16-14-29/h4-5,7-10,17H,6,11-16H2,1-3H3,(H,25,30)(H2,26,27,31). The van der Waals surface area contributed by atoms with Gasteiger partial charge in [0.25, 0.3) is 5.91 Å². The Morgan fingerprint density at radius 1 is 1.09 bits per heavy atom. The normalized spacial score (nSPS) is 13.8. The van der Waals surface area contributed by atoms with Crippen molar-refractivity contribution in [2.75, 3.05) is 76.1 Å². The van der Waals surface area contributed by atoms with Crippen molar-refractivity contribution in [1.29, 1.82) is 0 Å². The molecule has 178 valence electrons.